The average Bonchev–Trinajstić information content (AvgIpc) is 2.31. The predicted molar refractivity (Wildman–Crippen MR) is 70.5 cm³/mol. The zero-order chi connectivity index (χ0) is 12.0. The van der Waals surface area contributed by atoms with Crippen molar-refractivity contribution in [1.82, 2.24) is 0 Å². The van der Waals surface area contributed by atoms with Crippen LogP contribution in [-0.4, -0.2) is 0 Å². The standard InChI is InChI=1S/C15H13ClO/c1-15(2)12-8-4-3-6-10(12)11-7-5-9-13(16)14(11)17-15/h3-9H,1-2H3. The quantitative estimate of drug-likeness (QED) is 0.656. The summed E-state index contributed by atoms with van der Waals surface area (Å²) < 4.78 is 6.04. The lowest BCUT2D eigenvalue weighted by molar-refractivity contribution is 0.106. The maximum Gasteiger partial charge on any atom is 0.147 e. The first kappa shape index (κ1) is 10.7. The molecule has 1 heterocycles. The van der Waals surface area contributed by atoms with Gasteiger partial charge in [-0.2, -0.15) is 0 Å². The molecule has 0 radical (unpaired) electrons. The Morgan fingerprint density at radius 3 is 2.47 bits per heavy atom. The largest absolute Gasteiger partial charge is 0.481 e. The minimum Gasteiger partial charge on any atom is -0.481 e. The number of para-hydroxylation sites is 1. The molecule has 0 N–H and O–H groups in total. The highest BCUT2D eigenvalue weighted by Gasteiger charge is 2.32. The van der Waals surface area contributed by atoms with Gasteiger partial charge >= 0.3 is 0 Å². The summed E-state index contributed by atoms with van der Waals surface area (Å²) in [5.41, 5.74) is 3.15. The lowest BCUT2D eigenvalue weighted by Crippen LogP contribution is -2.29. The fourth-order valence-electron chi connectivity index (χ4n) is 2.38. The Hall–Kier alpha value is -1.47. The fraction of sp³-hybridized carbons (Fsp3) is 0.200. The second kappa shape index (κ2) is 3.51. The smallest absolute Gasteiger partial charge is 0.147 e. The van der Waals surface area contributed by atoms with Crippen molar-refractivity contribution in [2.75, 3.05) is 0 Å². The van der Waals surface area contributed by atoms with Crippen molar-refractivity contribution < 1.29 is 4.74 Å². The lowest BCUT2D eigenvalue weighted by Gasteiger charge is -2.35. The van der Waals surface area contributed by atoms with E-state index < -0.39 is 0 Å². The van der Waals surface area contributed by atoms with Gasteiger partial charge in [0, 0.05) is 11.1 Å². The highest BCUT2D eigenvalue weighted by Crippen LogP contribution is 2.47. The molecule has 0 fully saturated rings. The molecule has 17 heavy (non-hydrogen) atoms. The van der Waals surface area contributed by atoms with Gasteiger partial charge in [0.2, 0.25) is 0 Å². The fourth-order valence-corrected chi connectivity index (χ4v) is 2.59. The first-order valence-corrected chi connectivity index (χ1v) is 6.05. The van der Waals surface area contributed by atoms with Crippen molar-refractivity contribution in [3.05, 3.63) is 53.1 Å². The summed E-state index contributed by atoms with van der Waals surface area (Å²) in [6.45, 7) is 4.14. The van der Waals surface area contributed by atoms with E-state index in [1.807, 2.05) is 24.3 Å². The highest BCUT2D eigenvalue weighted by atomic mass is 35.5. The molecule has 2 aromatic rings. The van der Waals surface area contributed by atoms with E-state index >= 15 is 0 Å². The molecular weight excluding hydrogens is 232 g/mol. The van der Waals surface area contributed by atoms with Gasteiger partial charge in [-0.25, -0.2) is 0 Å². The van der Waals surface area contributed by atoms with Crippen molar-refractivity contribution in [2.45, 2.75) is 19.4 Å². The molecule has 0 bridgehead atoms. The van der Waals surface area contributed by atoms with E-state index in [1.54, 1.807) is 0 Å². The summed E-state index contributed by atoms with van der Waals surface area (Å²) in [5, 5.41) is 0.671. The first-order valence-electron chi connectivity index (χ1n) is 5.67. The van der Waals surface area contributed by atoms with Gasteiger partial charge in [0.25, 0.3) is 0 Å². The van der Waals surface area contributed by atoms with Crippen LogP contribution in [0.3, 0.4) is 0 Å². The Morgan fingerprint density at radius 1 is 0.941 bits per heavy atom. The Labute approximate surface area is 106 Å². The van der Waals surface area contributed by atoms with Gasteiger partial charge in [-0.3, -0.25) is 0 Å². The van der Waals surface area contributed by atoms with Gasteiger partial charge in [-0.1, -0.05) is 48.0 Å². The highest BCUT2D eigenvalue weighted by molar-refractivity contribution is 6.32. The average molecular weight is 245 g/mol. The molecule has 0 atom stereocenters. The van der Waals surface area contributed by atoms with E-state index in [2.05, 4.69) is 32.0 Å². The van der Waals surface area contributed by atoms with Gasteiger partial charge < -0.3 is 4.74 Å². The van der Waals surface area contributed by atoms with E-state index in [1.165, 1.54) is 11.1 Å². The van der Waals surface area contributed by atoms with Crippen molar-refractivity contribution in [1.29, 1.82) is 0 Å². The van der Waals surface area contributed by atoms with Gasteiger partial charge in [0.1, 0.15) is 11.4 Å². The van der Waals surface area contributed by atoms with Gasteiger partial charge in [-0.15, -0.1) is 0 Å². The van der Waals surface area contributed by atoms with Crippen LogP contribution in [-0.2, 0) is 5.60 Å². The van der Waals surface area contributed by atoms with Gasteiger partial charge in [0.15, 0.2) is 0 Å². The van der Waals surface area contributed by atoms with Crippen LogP contribution in [0.2, 0.25) is 5.02 Å². The molecule has 0 spiro atoms. The van der Waals surface area contributed by atoms with Crippen molar-refractivity contribution in [3.8, 4) is 16.9 Å². The van der Waals surface area contributed by atoms with Crippen molar-refractivity contribution >= 4 is 11.6 Å². The monoisotopic (exact) mass is 244 g/mol. The number of benzene rings is 2. The Kier molecular flexibility index (Phi) is 2.20. The summed E-state index contributed by atoms with van der Waals surface area (Å²) >= 11 is 6.21. The second-order valence-corrected chi connectivity index (χ2v) is 5.18. The maximum absolute atomic E-state index is 6.21. The van der Waals surface area contributed by atoms with Crippen LogP contribution in [0.1, 0.15) is 19.4 Å². The Morgan fingerprint density at radius 2 is 1.65 bits per heavy atom. The molecule has 86 valence electrons. The molecule has 0 saturated heterocycles. The van der Waals surface area contributed by atoms with Crippen LogP contribution in [0.15, 0.2) is 42.5 Å². The maximum atomic E-state index is 6.21. The van der Waals surface area contributed by atoms with E-state index in [0.29, 0.717) is 5.02 Å². The molecule has 0 aromatic heterocycles. The molecule has 0 saturated carbocycles. The molecule has 1 aliphatic heterocycles. The van der Waals surface area contributed by atoms with Crippen LogP contribution < -0.4 is 4.74 Å². The molecule has 3 rings (SSSR count). The molecular formula is C15H13ClO. The van der Waals surface area contributed by atoms with Crippen molar-refractivity contribution in [3.63, 3.8) is 0 Å². The third-order valence-electron chi connectivity index (χ3n) is 3.19. The Balaban J connectivity index is 2.36. The lowest BCUT2D eigenvalue weighted by atomic mass is 9.86. The van der Waals surface area contributed by atoms with E-state index in [9.17, 15) is 0 Å². The van der Waals surface area contributed by atoms with Gasteiger partial charge in [0.05, 0.1) is 5.02 Å². The zero-order valence-electron chi connectivity index (χ0n) is 9.83. The molecule has 1 aliphatic rings. The first-order chi connectivity index (χ1) is 8.09. The minimum atomic E-state index is -0.339. The number of rotatable bonds is 0. The predicted octanol–water partition coefficient (Wildman–Crippen LogP) is 4.63. The van der Waals surface area contributed by atoms with Crippen LogP contribution in [0.5, 0.6) is 5.75 Å². The summed E-state index contributed by atoms with van der Waals surface area (Å²) in [4.78, 5) is 0. The summed E-state index contributed by atoms with van der Waals surface area (Å²) in [6.07, 6.45) is 0. The van der Waals surface area contributed by atoms with Crippen LogP contribution in [0, 0.1) is 0 Å². The normalized spacial score (nSPS) is 15.7. The molecule has 0 unspecified atom stereocenters. The third-order valence-corrected chi connectivity index (χ3v) is 3.49. The molecule has 0 aliphatic carbocycles. The number of hydrogen-bond donors (Lipinski definition) is 0. The number of halogens is 1. The summed E-state index contributed by atoms with van der Waals surface area (Å²) in [6, 6.07) is 14.2. The van der Waals surface area contributed by atoms with Crippen LogP contribution in [0.4, 0.5) is 0 Å². The minimum absolute atomic E-state index is 0.339. The summed E-state index contributed by atoms with van der Waals surface area (Å²) in [7, 11) is 0. The SMILES string of the molecule is CC1(C)Oc2c(Cl)cccc2-c2ccccc21. The molecule has 2 aromatic carbocycles. The van der Waals surface area contributed by atoms with Crippen LogP contribution in [0.25, 0.3) is 11.1 Å². The van der Waals surface area contributed by atoms with Crippen molar-refractivity contribution in [2.24, 2.45) is 0 Å². The zero-order valence-corrected chi connectivity index (χ0v) is 10.6. The summed E-state index contributed by atoms with van der Waals surface area (Å²) in [5.74, 6) is 0.790. The molecule has 0 amide bonds. The van der Waals surface area contributed by atoms with E-state index in [-0.39, 0.29) is 5.60 Å². The van der Waals surface area contributed by atoms with E-state index in [4.69, 9.17) is 16.3 Å². The molecule has 2 heteroatoms. The number of ether oxygens (including phenoxy) is 1. The van der Waals surface area contributed by atoms with E-state index in [0.717, 1.165) is 11.3 Å². The Bertz CT molecular complexity index is 587. The van der Waals surface area contributed by atoms with Crippen LogP contribution >= 0.6 is 11.6 Å². The second-order valence-electron chi connectivity index (χ2n) is 4.77. The number of hydrogen-bond acceptors (Lipinski definition) is 1. The third kappa shape index (κ3) is 1.54. The topological polar surface area (TPSA) is 9.23 Å². The number of fused-ring (bicyclic) bond motifs is 3. The van der Waals surface area contributed by atoms with Gasteiger partial charge in [-0.05, 0) is 25.5 Å². The molecule has 1 nitrogen and oxygen atoms in total.